The molecule has 1 aromatic carbocycles. The van der Waals surface area contributed by atoms with Crippen LogP contribution in [0.25, 0.3) is 0 Å². The molecular formula is C15H23NO. The van der Waals surface area contributed by atoms with Crippen LogP contribution in [0, 0.1) is 12.8 Å². The van der Waals surface area contributed by atoms with Gasteiger partial charge in [0.15, 0.2) is 0 Å². The maximum absolute atomic E-state index is 9.69. The molecule has 0 saturated carbocycles. The van der Waals surface area contributed by atoms with Crippen LogP contribution < -0.4 is 0 Å². The molecule has 1 fully saturated rings. The molecule has 2 atom stereocenters. The van der Waals surface area contributed by atoms with E-state index in [1.165, 1.54) is 24.0 Å². The second kappa shape index (κ2) is 5.65. The summed E-state index contributed by atoms with van der Waals surface area (Å²) in [7, 11) is 0. The van der Waals surface area contributed by atoms with E-state index in [0.717, 1.165) is 19.6 Å². The Balaban J connectivity index is 1.97. The topological polar surface area (TPSA) is 23.5 Å². The van der Waals surface area contributed by atoms with Gasteiger partial charge >= 0.3 is 0 Å². The second-order valence-corrected chi connectivity index (χ2v) is 5.30. The van der Waals surface area contributed by atoms with E-state index in [1.54, 1.807) is 0 Å². The van der Waals surface area contributed by atoms with Gasteiger partial charge in [0.05, 0.1) is 6.10 Å². The van der Waals surface area contributed by atoms with Crippen molar-refractivity contribution in [2.24, 2.45) is 5.92 Å². The van der Waals surface area contributed by atoms with E-state index < -0.39 is 0 Å². The standard InChI is InChI=1S/C15H23NO/c1-12-6-3-4-7-14(12)10-16-9-5-8-15(11-16)13(2)17/h3-4,6-7,13,15,17H,5,8-11H2,1-2H3. The quantitative estimate of drug-likeness (QED) is 0.867. The lowest BCUT2D eigenvalue weighted by molar-refractivity contribution is 0.0598. The van der Waals surface area contributed by atoms with Crippen LogP contribution in [0.2, 0.25) is 0 Å². The Morgan fingerprint density at radius 1 is 1.41 bits per heavy atom. The molecular weight excluding hydrogens is 210 g/mol. The van der Waals surface area contributed by atoms with Crippen molar-refractivity contribution >= 4 is 0 Å². The van der Waals surface area contributed by atoms with Gasteiger partial charge in [0.25, 0.3) is 0 Å². The van der Waals surface area contributed by atoms with Gasteiger partial charge in [0.2, 0.25) is 0 Å². The lowest BCUT2D eigenvalue weighted by Crippen LogP contribution is -2.39. The van der Waals surface area contributed by atoms with Crippen LogP contribution >= 0.6 is 0 Å². The molecule has 17 heavy (non-hydrogen) atoms. The first kappa shape index (κ1) is 12.6. The number of nitrogens with zero attached hydrogens (tertiary/aromatic N) is 1. The van der Waals surface area contributed by atoms with E-state index in [1.807, 2.05) is 6.92 Å². The van der Waals surface area contributed by atoms with Crippen molar-refractivity contribution < 1.29 is 5.11 Å². The second-order valence-electron chi connectivity index (χ2n) is 5.30. The smallest absolute Gasteiger partial charge is 0.0552 e. The molecule has 1 aliphatic heterocycles. The number of aryl methyl sites for hydroxylation is 1. The van der Waals surface area contributed by atoms with Crippen LogP contribution in [0.3, 0.4) is 0 Å². The zero-order valence-corrected chi connectivity index (χ0v) is 10.9. The van der Waals surface area contributed by atoms with E-state index in [-0.39, 0.29) is 6.10 Å². The SMILES string of the molecule is Cc1ccccc1CN1CCCC(C(C)O)C1. The molecule has 0 bridgehead atoms. The van der Waals surface area contributed by atoms with Crippen LogP contribution in [-0.4, -0.2) is 29.2 Å². The van der Waals surface area contributed by atoms with Gasteiger partial charge in [0.1, 0.15) is 0 Å². The number of aliphatic hydroxyl groups is 1. The van der Waals surface area contributed by atoms with Crippen molar-refractivity contribution in [2.45, 2.75) is 39.3 Å². The molecule has 1 heterocycles. The monoisotopic (exact) mass is 233 g/mol. The molecule has 94 valence electrons. The maximum atomic E-state index is 9.69. The minimum Gasteiger partial charge on any atom is -0.393 e. The highest BCUT2D eigenvalue weighted by atomic mass is 16.3. The molecule has 2 unspecified atom stereocenters. The average molecular weight is 233 g/mol. The fourth-order valence-corrected chi connectivity index (χ4v) is 2.66. The third-order valence-electron chi connectivity index (χ3n) is 3.88. The van der Waals surface area contributed by atoms with Crippen LogP contribution in [0.5, 0.6) is 0 Å². The van der Waals surface area contributed by atoms with Crippen LogP contribution in [-0.2, 0) is 6.54 Å². The summed E-state index contributed by atoms with van der Waals surface area (Å²) in [6.45, 7) is 7.31. The zero-order chi connectivity index (χ0) is 12.3. The Morgan fingerprint density at radius 3 is 2.88 bits per heavy atom. The highest BCUT2D eigenvalue weighted by molar-refractivity contribution is 5.25. The highest BCUT2D eigenvalue weighted by Gasteiger charge is 2.23. The Bertz CT molecular complexity index is 362. The Kier molecular flexibility index (Phi) is 4.19. The van der Waals surface area contributed by atoms with Crippen molar-refractivity contribution in [1.82, 2.24) is 4.90 Å². The highest BCUT2D eigenvalue weighted by Crippen LogP contribution is 2.22. The molecule has 2 heteroatoms. The molecule has 2 nitrogen and oxygen atoms in total. The number of benzene rings is 1. The first-order valence-corrected chi connectivity index (χ1v) is 6.61. The molecule has 1 saturated heterocycles. The van der Waals surface area contributed by atoms with Gasteiger partial charge in [-0.05, 0) is 50.3 Å². The summed E-state index contributed by atoms with van der Waals surface area (Å²) in [5, 5.41) is 9.69. The van der Waals surface area contributed by atoms with Crippen molar-refractivity contribution in [2.75, 3.05) is 13.1 Å². The zero-order valence-electron chi connectivity index (χ0n) is 10.9. The van der Waals surface area contributed by atoms with Crippen molar-refractivity contribution in [3.8, 4) is 0 Å². The number of piperidine rings is 1. The Labute approximate surface area is 104 Å². The van der Waals surface area contributed by atoms with Gasteiger partial charge in [-0.1, -0.05) is 24.3 Å². The van der Waals surface area contributed by atoms with E-state index in [2.05, 4.69) is 36.1 Å². The number of aliphatic hydroxyl groups excluding tert-OH is 1. The molecule has 0 radical (unpaired) electrons. The number of rotatable bonds is 3. The van der Waals surface area contributed by atoms with Crippen molar-refractivity contribution in [1.29, 1.82) is 0 Å². The third-order valence-corrected chi connectivity index (χ3v) is 3.88. The van der Waals surface area contributed by atoms with Crippen molar-refractivity contribution in [3.63, 3.8) is 0 Å². The first-order chi connectivity index (χ1) is 8.16. The van der Waals surface area contributed by atoms with Gasteiger partial charge in [-0.15, -0.1) is 0 Å². The number of hydrogen-bond donors (Lipinski definition) is 1. The summed E-state index contributed by atoms with van der Waals surface area (Å²) in [6.07, 6.45) is 2.21. The molecule has 1 aromatic rings. The fraction of sp³-hybridized carbons (Fsp3) is 0.600. The summed E-state index contributed by atoms with van der Waals surface area (Å²) < 4.78 is 0. The molecule has 0 aliphatic carbocycles. The Morgan fingerprint density at radius 2 is 2.18 bits per heavy atom. The predicted molar refractivity (Wildman–Crippen MR) is 70.9 cm³/mol. The molecule has 0 amide bonds. The molecule has 1 aliphatic rings. The Hall–Kier alpha value is -0.860. The van der Waals surface area contributed by atoms with E-state index >= 15 is 0 Å². The van der Waals surface area contributed by atoms with Crippen molar-refractivity contribution in [3.05, 3.63) is 35.4 Å². The predicted octanol–water partition coefficient (Wildman–Crippen LogP) is 2.59. The summed E-state index contributed by atoms with van der Waals surface area (Å²) in [5.74, 6) is 0.452. The normalized spacial score (nSPS) is 23.6. The minimum absolute atomic E-state index is 0.172. The molecule has 2 rings (SSSR count). The minimum atomic E-state index is -0.172. The van der Waals surface area contributed by atoms with Gasteiger partial charge in [0, 0.05) is 13.1 Å². The summed E-state index contributed by atoms with van der Waals surface area (Å²) in [4.78, 5) is 2.48. The maximum Gasteiger partial charge on any atom is 0.0552 e. The summed E-state index contributed by atoms with van der Waals surface area (Å²) in [5.41, 5.74) is 2.78. The largest absolute Gasteiger partial charge is 0.393 e. The molecule has 0 spiro atoms. The van der Waals surface area contributed by atoms with E-state index in [4.69, 9.17) is 0 Å². The van der Waals surface area contributed by atoms with Crippen LogP contribution in [0.1, 0.15) is 30.9 Å². The number of likely N-dealkylation sites (tertiary alicyclic amines) is 1. The number of hydrogen-bond acceptors (Lipinski definition) is 2. The third kappa shape index (κ3) is 3.30. The lowest BCUT2D eigenvalue weighted by atomic mass is 9.93. The summed E-state index contributed by atoms with van der Waals surface area (Å²) in [6, 6.07) is 8.58. The van der Waals surface area contributed by atoms with Gasteiger partial charge in [-0.2, -0.15) is 0 Å². The lowest BCUT2D eigenvalue weighted by Gasteiger charge is -2.34. The summed E-state index contributed by atoms with van der Waals surface area (Å²) >= 11 is 0. The van der Waals surface area contributed by atoms with E-state index in [0.29, 0.717) is 5.92 Å². The average Bonchev–Trinajstić information content (AvgIpc) is 2.32. The molecule has 1 N–H and O–H groups in total. The molecule has 0 aromatic heterocycles. The van der Waals surface area contributed by atoms with Crippen LogP contribution in [0.15, 0.2) is 24.3 Å². The first-order valence-electron chi connectivity index (χ1n) is 6.61. The fourth-order valence-electron chi connectivity index (χ4n) is 2.66. The van der Waals surface area contributed by atoms with Gasteiger partial charge in [-0.3, -0.25) is 4.90 Å². The van der Waals surface area contributed by atoms with Gasteiger partial charge in [-0.25, -0.2) is 0 Å². The van der Waals surface area contributed by atoms with Crippen LogP contribution in [0.4, 0.5) is 0 Å². The van der Waals surface area contributed by atoms with E-state index in [9.17, 15) is 5.11 Å². The van der Waals surface area contributed by atoms with Gasteiger partial charge < -0.3 is 5.11 Å².